The first-order valence-corrected chi connectivity index (χ1v) is 7.55. The smallest absolute Gasteiger partial charge is 0.407 e. The zero-order valence-electron chi connectivity index (χ0n) is 13.3. The molecule has 0 spiro atoms. The van der Waals surface area contributed by atoms with Crippen LogP contribution < -0.4 is 5.32 Å². The summed E-state index contributed by atoms with van der Waals surface area (Å²) in [7, 11) is 0. The molecule has 2 atom stereocenters. The quantitative estimate of drug-likeness (QED) is 0.869. The van der Waals surface area contributed by atoms with Crippen molar-refractivity contribution in [3.8, 4) is 0 Å². The Morgan fingerprint density at radius 1 is 1.36 bits per heavy atom. The molecule has 1 aliphatic heterocycles. The number of carbonyl (C=O) groups excluding carboxylic acids is 2. The van der Waals surface area contributed by atoms with Gasteiger partial charge in [0.25, 0.3) is 0 Å². The highest BCUT2D eigenvalue weighted by molar-refractivity contribution is 5.76. The van der Waals surface area contributed by atoms with Crippen LogP contribution in [0.5, 0.6) is 0 Å². The van der Waals surface area contributed by atoms with Crippen molar-refractivity contribution < 1.29 is 19.1 Å². The first kappa shape index (κ1) is 16.3. The summed E-state index contributed by atoms with van der Waals surface area (Å²) in [5, 5.41) is 2.83. The summed E-state index contributed by atoms with van der Waals surface area (Å²) in [6.07, 6.45) is 0.680. The second-order valence-electron chi connectivity index (χ2n) is 6.51. The molecule has 1 heterocycles. The Labute approximate surface area is 131 Å². The van der Waals surface area contributed by atoms with Crippen LogP contribution in [0.15, 0.2) is 30.3 Å². The third-order valence-electron chi connectivity index (χ3n) is 3.46. The van der Waals surface area contributed by atoms with Crippen molar-refractivity contribution in [2.45, 2.75) is 45.3 Å². The zero-order chi connectivity index (χ0) is 16.2. The van der Waals surface area contributed by atoms with Crippen LogP contribution in [0.2, 0.25) is 0 Å². The molecule has 1 saturated heterocycles. The maximum Gasteiger partial charge on any atom is 0.407 e. The molecule has 0 aromatic heterocycles. The third-order valence-corrected chi connectivity index (χ3v) is 3.46. The van der Waals surface area contributed by atoms with Crippen LogP contribution in [-0.4, -0.2) is 30.3 Å². The molecule has 1 aromatic rings. The molecule has 0 unspecified atom stereocenters. The number of nitrogens with one attached hydrogen (secondary N) is 1. The van der Waals surface area contributed by atoms with Crippen LogP contribution in [0.1, 0.15) is 32.8 Å². The Hall–Kier alpha value is -2.04. The SMILES string of the molecule is CC(C)(C)OC(=O)N[C@H](Cc1ccccc1)[C@@H]1CCOC1=O. The monoisotopic (exact) mass is 305 g/mol. The molecule has 0 bridgehead atoms. The van der Waals surface area contributed by atoms with E-state index in [4.69, 9.17) is 9.47 Å². The highest BCUT2D eigenvalue weighted by Gasteiger charge is 2.36. The van der Waals surface area contributed by atoms with E-state index in [0.29, 0.717) is 19.4 Å². The van der Waals surface area contributed by atoms with Gasteiger partial charge in [-0.2, -0.15) is 0 Å². The Bertz CT molecular complexity index is 521. The molecular formula is C17H23NO4. The van der Waals surface area contributed by atoms with E-state index >= 15 is 0 Å². The minimum atomic E-state index is -0.572. The maximum atomic E-state index is 12.0. The predicted molar refractivity (Wildman–Crippen MR) is 82.4 cm³/mol. The van der Waals surface area contributed by atoms with E-state index in [9.17, 15) is 9.59 Å². The molecule has 0 aliphatic carbocycles. The maximum absolute atomic E-state index is 12.0. The molecule has 5 nitrogen and oxygen atoms in total. The number of amides is 1. The molecule has 0 saturated carbocycles. The fourth-order valence-electron chi connectivity index (χ4n) is 2.50. The highest BCUT2D eigenvalue weighted by atomic mass is 16.6. The lowest BCUT2D eigenvalue weighted by atomic mass is 9.92. The second kappa shape index (κ2) is 6.81. The molecule has 1 N–H and O–H groups in total. The van der Waals surface area contributed by atoms with Crippen molar-refractivity contribution in [3.05, 3.63) is 35.9 Å². The lowest BCUT2D eigenvalue weighted by Crippen LogP contribution is -2.45. The Balaban J connectivity index is 2.08. The van der Waals surface area contributed by atoms with E-state index in [1.54, 1.807) is 0 Å². The normalized spacial score (nSPS) is 19.4. The third kappa shape index (κ3) is 4.76. The summed E-state index contributed by atoms with van der Waals surface area (Å²) >= 11 is 0. The Morgan fingerprint density at radius 3 is 2.59 bits per heavy atom. The van der Waals surface area contributed by atoms with Crippen LogP contribution in [0.3, 0.4) is 0 Å². The molecule has 1 fully saturated rings. The largest absolute Gasteiger partial charge is 0.465 e. The van der Waals surface area contributed by atoms with Crippen LogP contribution in [0.4, 0.5) is 4.79 Å². The molecule has 2 rings (SSSR count). The van der Waals surface area contributed by atoms with Gasteiger partial charge in [-0.05, 0) is 39.2 Å². The Kier molecular flexibility index (Phi) is 5.06. The summed E-state index contributed by atoms with van der Waals surface area (Å²) in [6, 6.07) is 9.43. The van der Waals surface area contributed by atoms with Gasteiger partial charge in [-0.25, -0.2) is 4.79 Å². The van der Waals surface area contributed by atoms with E-state index in [0.717, 1.165) is 5.56 Å². The van der Waals surface area contributed by atoms with Gasteiger partial charge in [-0.15, -0.1) is 0 Å². The van der Waals surface area contributed by atoms with Crippen molar-refractivity contribution in [2.24, 2.45) is 5.92 Å². The van der Waals surface area contributed by atoms with Crippen molar-refractivity contribution in [3.63, 3.8) is 0 Å². The molecule has 0 radical (unpaired) electrons. The molecular weight excluding hydrogens is 282 g/mol. The number of alkyl carbamates (subject to hydrolysis) is 1. The lowest BCUT2D eigenvalue weighted by molar-refractivity contribution is -0.141. The van der Waals surface area contributed by atoms with Crippen LogP contribution >= 0.6 is 0 Å². The number of esters is 1. The van der Waals surface area contributed by atoms with Crippen molar-refractivity contribution >= 4 is 12.1 Å². The summed E-state index contributed by atoms with van der Waals surface area (Å²) in [5.41, 5.74) is 0.487. The van der Waals surface area contributed by atoms with Gasteiger partial charge in [-0.3, -0.25) is 4.79 Å². The molecule has 22 heavy (non-hydrogen) atoms. The first-order valence-electron chi connectivity index (χ1n) is 7.55. The number of ether oxygens (including phenoxy) is 2. The summed E-state index contributed by atoms with van der Waals surface area (Å²) in [4.78, 5) is 23.9. The van der Waals surface area contributed by atoms with E-state index < -0.39 is 11.7 Å². The highest BCUT2D eigenvalue weighted by Crippen LogP contribution is 2.22. The predicted octanol–water partition coefficient (Wildman–Crippen LogP) is 2.69. The molecule has 5 heteroatoms. The second-order valence-corrected chi connectivity index (χ2v) is 6.51. The molecule has 1 aliphatic rings. The molecule has 1 amide bonds. The Morgan fingerprint density at radius 2 is 2.05 bits per heavy atom. The van der Waals surface area contributed by atoms with Crippen molar-refractivity contribution in [2.75, 3.05) is 6.61 Å². The van der Waals surface area contributed by atoms with Gasteiger partial charge in [0.1, 0.15) is 5.60 Å². The number of benzene rings is 1. The van der Waals surface area contributed by atoms with Gasteiger partial charge in [-0.1, -0.05) is 30.3 Å². The van der Waals surface area contributed by atoms with Gasteiger partial charge in [0.2, 0.25) is 0 Å². The average molecular weight is 305 g/mol. The van der Waals surface area contributed by atoms with Gasteiger partial charge >= 0.3 is 12.1 Å². The average Bonchev–Trinajstić information content (AvgIpc) is 2.83. The van der Waals surface area contributed by atoms with E-state index in [2.05, 4.69) is 5.32 Å². The molecule has 120 valence electrons. The van der Waals surface area contributed by atoms with Gasteiger partial charge in [0.05, 0.1) is 12.5 Å². The van der Waals surface area contributed by atoms with E-state index in [1.165, 1.54) is 0 Å². The lowest BCUT2D eigenvalue weighted by Gasteiger charge is -2.25. The summed E-state index contributed by atoms with van der Waals surface area (Å²) in [5.74, 6) is -0.579. The fourth-order valence-corrected chi connectivity index (χ4v) is 2.50. The first-order chi connectivity index (χ1) is 10.3. The number of carbonyl (C=O) groups is 2. The van der Waals surface area contributed by atoms with Crippen LogP contribution in [-0.2, 0) is 20.7 Å². The number of hydrogen-bond acceptors (Lipinski definition) is 4. The van der Waals surface area contributed by atoms with Crippen molar-refractivity contribution in [1.82, 2.24) is 5.32 Å². The number of cyclic esters (lactones) is 1. The number of hydrogen-bond donors (Lipinski definition) is 1. The summed E-state index contributed by atoms with van der Waals surface area (Å²) < 4.78 is 10.3. The molecule has 1 aromatic carbocycles. The van der Waals surface area contributed by atoms with Gasteiger partial charge in [0, 0.05) is 6.04 Å². The van der Waals surface area contributed by atoms with Crippen LogP contribution in [0.25, 0.3) is 0 Å². The summed E-state index contributed by atoms with van der Waals surface area (Å²) in [6.45, 7) is 5.83. The fraction of sp³-hybridized carbons (Fsp3) is 0.529. The van der Waals surface area contributed by atoms with Crippen LogP contribution in [0, 0.1) is 5.92 Å². The van der Waals surface area contributed by atoms with Gasteiger partial charge < -0.3 is 14.8 Å². The van der Waals surface area contributed by atoms with E-state index in [-0.39, 0.29) is 17.9 Å². The standard InChI is InChI=1S/C17H23NO4/c1-17(2,3)22-16(20)18-14(13-9-10-21-15(13)19)11-12-7-5-4-6-8-12/h4-8,13-14H,9-11H2,1-3H3,(H,18,20)/t13-,14+/m0/s1. The van der Waals surface area contributed by atoms with Crippen molar-refractivity contribution in [1.29, 1.82) is 0 Å². The van der Waals surface area contributed by atoms with Gasteiger partial charge in [0.15, 0.2) is 0 Å². The number of rotatable bonds is 4. The zero-order valence-corrected chi connectivity index (χ0v) is 13.3. The minimum absolute atomic E-state index is 0.253. The minimum Gasteiger partial charge on any atom is -0.465 e. The van der Waals surface area contributed by atoms with E-state index in [1.807, 2.05) is 51.1 Å². The topological polar surface area (TPSA) is 64.6 Å².